The summed E-state index contributed by atoms with van der Waals surface area (Å²) in [5.74, 6) is 0.428. The number of carbonyl (C=O) groups excluding carboxylic acids is 1. The molecule has 1 heterocycles. The van der Waals surface area contributed by atoms with Crippen molar-refractivity contribution >= 4 is 34.1 Å². The molecule has 0 aliphatic heterocycles. The van der Waals surface area contributed by atoms with Gasteiger partial charge >= 0.3 is 0 Å². The summed E-state index contributed by atoms with van der Waals surface area (Å²) in [4.78, 5) is 12.9. The number of nitrogens with one attached hydrogen (secondary N) is 1. The van der Waals surface area contributed by atoms with Gasteiger partial charge in [-0.2, -0.15) is 0 Å². The number of aromatic nitrogens is 2. The van der Waals surface area contributed by atoms with Gasteiger partial charge < -0.3 is 0 Å². The first kappa shape index (κ1) is 18.1. The highest BCUT2D eigenvalue weighted by Gasteiger charge is 2.45. The minimum absolute atomic E-state index is 0.0869. The Hall–Kier alpha value is -2.25. The first-order chi connectivity index (χ1) is 13.2. The number of benzene rings is 2. The molecular formula is C20H18FN3OS2. The van der Waals surface area contributed by atoms with Crippen LogP contribution in [0.3, 0.4) is 0 Å². The van der Waals surface area contributed by atoms with E-state index in [1.807, 2.05) is 18.2 Å². The molecule has 1 amide bonds. The zero-order chi connectivity index (χ0) is 18.7. The van der Waals surface area contributed by atoms with Crippen LogP contribution in [-0.2, 0) is 16.0 Å². The summed E-state index contributed by atoms with van der Waals surface area (Å²) < 4.78 is 14.0. The van der Waals surface area contributed by atoms with E-state index in [1.165, 1.54) is 29.0 Å². The molecule has 0 bridgehead atoms. The van der Waals surface area contributed by atoms with Crippen LogP contribution < -0.4 is 5.32 Å². The molecule has 4 nitrogen and oxygen atoms in total. The minimum Gasteiger partial charge on any atom is -0.300 e. The fraction of sp³-hybridized carbons (Fsp3) is 0.250. The Balaban J connectivity index is 1.42. The van der Waals surface area contributed by atoms with Crippen molar-refractivity contribution in [3.05, 3.63) is 71.5 Å². The Morgan fingerprint density at radius 3 is 2.52 bits per heavy atom. The number of thioether (sulfide) groups is 1. The Morgan fingerprint density at radius 2 is 1.85 bits per heavy atom. The normalized spacial score (nSPS) is 15.1. The summed E-state index contributed by atoms with van der Waals surface area (Å²) in [5, 5.41) is 11.7. The largest absolute Gasteiger partial charge is 0.300 e. The quantitative estimate of drug-likeness (QED) is 0.467. The maximum Gasteiger partial charge on any atom is 0.236 e. The number of carbonyl (C=O) groups is 1. The fourth-order valence-corrected chi connectivity index (χ4v) is 4.90. The highest BCUT2D eigenvalue weighted by Crippen LogP contribution is 2.45. The second-order valence-corrected chi connectivity index (χ2v) is 8.74. The van der Waals surface area contributed by atoms with E-state index in [9.17, 15) is 9.18 Å². The third-order valence-electron chi connectivity index (χ3n) is 4.87. The van der Waals surface area contributed by atoms with Crippen LogP contribution in [0.25, 0.3) is 0 Å². The van der Waals surface area contributed by atoms with Crippen LogP contribution in [-0.4, -0.2) is 16.1 Å². The number of hydrogen-bond acceptors (Lipinski definition) is 5. The van der Waals surface area contributed by atoms with Crippen molar-refractivity contribution in [3.63, 3.8) is 0 Å². The van der Waals surface area contributed by atoms with Gasteiger partial charge in [-0.1, -0.05) is 72.0 Å². The van der Waals surface area contributed by atoms with Crippen molar-refractivity contribution in [2.24, 2.45) is 0 Å². The van der Waals surface area contributed by atoms with E-state index >= 15 is 0 Å². The Bertz CT molecular complexity index is 924. The maximum atomic E-state index is 13.2. The summed E-state index contributed by atoms with van der Waals surface area (Å²) in [6, 6.07) is 16.4. The van der Waals surface area contributed by atoms with Gasteiger partial charge in [0, 0.05) is 5.75 Å². The average Bonchev–Trinajstić information content (AvgIpc) is 3.09. The molecule has 0 spiro atoms. The van der Waals surface area contributed by atoms with E-state index in [-0.39, 0.29) is 11.7 Å². The zero-order valence-electron chi connectivity index (χ0n) is 14.5. The molecule has 2 aromatic carbocycles. The Labute approximate surface area is 165 Å². The zero-order valence-corrected chi connectivity index (χ0v) is 16.2. The second-order valence-electron chi connectivity index (χ2n) is 6.54. The molecule has 27 heavy (non-hydrogen) atoms. The summed E-state index contributed by atoms with van der Waals surface area (Å²) in [6.07, 6.45) is 2.51. The van der Waals surface area contributed by atoms with E-state index in [1.54, 1.807) is 23.9 Å². The van der Waals surface area contributed by atoms with Crippen LogP contribution in [0.2, 0.25) is 0 Å². The van der Waals surface area contributed by atoms with E-state index in [0.29, 0.717) is 5.13 Å². The van der Waals surface area contributed by atoms with Crippen LogP contribution >= 0.6 is 23.1 Å². The molecule has 1 aliphatic rings. The SMILES string of the molecule is O=C(Nc1nnc(SCc2ccccc2)s1)C1(c2ccc(F)cc2)CCC1. The van der Waals surface area contributed by atoms with E-state index in [2.05, 4.69) is 27.6 Å². The molecule has 7 heteroatoms. The monoisotopic (exact) mass is 399 g/mol. The topological polar surface area (TPSA) is 54.9 Å². The number of nitrogens with zero attached hydrogens (tertiary/aromatic N) is 2. The van der Waals surface area contributed by atoms with Gasteiger partial charge in [-0.3, -0.25) is 10.1 Å². The lowest BCUT2D eigenvalue weighted by Crippen LogP contribution is -2.46. The smallest absolute Gasteiger partial charge is 0.236 e. The highest BCUT2D eigenvalue weighted by molar-refractivity contribution is 8.00. The summed E-state index contributed by atoms with van der Waals surface area (Å²) in [7, 11) is 0. The standard InChI is InChI=1S/C20H18FN3OS2/c21-16-9-7-15(8-10-16)20(11-4-12-20)17(25)22-18-23-24-19(27-18)26-13-14-5-2-1-3-6-14/h1-3,5-10H,4,11-13H2,(H,22,23,25). The summed E-state index contributed by atoms with van der Waals surface area (Å²) in [6.45, 7) is 0. The van der Waals surface area contributed by atoms with Crippen molar-refractivity contribution in [2.75, 3.05) is 5.32 Å². The molecular weight excluding hydrogens is 381 g/mol. The van der Waals surface area contributed by atoms with Gasteiger partial charge in [0.2, 0.25) is 11.0 Å². The average molecular weight is 400 g/mol. The highest BCUT2D eigenvalue weighted by atomic mass is 32.2. The minimum atomic E-state index is -0.587. The van der Waals surface area contributed by atoms with Crippen molar-refractivity contribution in [2.45, 2.75) is 34.8 Å². The molecule has 0 saturated heterocycles. The predicted molar refractivity (Wildman–Crippen MR) is 106 cm³/mol. The summed E-state index contributed by atoms with van der Waals surface area (Å²) >= 11 is 2.98. The second kappa shape index (κ2) is 7.78. The van der Waals surface area contributed by atoms with Crippen molar-refractivity contribution in [1.82, 2.24) is 10.2 Å². The van der Waals surface area contributed by atoms with Crippen molar-refractivity contribution < 1.29 is 9.18 Å². The number of anilines is 1. The lowest BCUT2D eigenvalue weighted by molar-refractivity contribution is -0.124. The third kappa shape index (κ3) is 3.89. The third-order valence-corrected chi connectivity index (χ3v) is 6.91. The molecule has 4 rings (SSSR count). The van der Waals surface area contributed by atoms with Crippen molar-refractivity contribution in [3.8, 4) is 0 Å². The Morgan fingerprint density at radius 1 is 1.11 bits per heavy atom. The lowest BCUT2D eigenvalue weighted by atomic mass is 9.64. The number of halogens is 1. The first-order valence-corrected chi connectivity index (χ1v) is 10.5. The molecule has 1 fully saturated rings. The van der Waals surface area contributed by atoms with Gasteiger partial charge in [-0.25, -0.2) is 4.39 Å². The fourth-order valence-electron chi connectivity index (χ4n) is 3.20. The van der Waals surface area contributed by atoms with Gasteiger partial charge in [-0.15, -0.1) is 10.2 Å². The molecule has 1 saturated carbocycles. The van der Waals surface area contributed by atoms with Crippen LogP contribution in [0.1, 0.15) is 30.4 Å². The molecule has 0 radical (unpaired) electrons. The first-order valence-electron chi connectivity index (χ1n) is 8.73. The van der Waals surface area contributed by atoms with Crippen LogP contribution in [0, 0.1) is 5.82 Å². The lowest BCUT2D eigenvalue weighted by Gasteiger charge is -2.40. The Kier molecular flexibility index (Phi) is 5.22. The number of rotatable bonds is 6. The maximum absolute atomic E-state index is 13.2. The molecule has 0 unspecified atom stereocenters. The summed E-state index contributed by atoms with van der Waals surface area (Å²) in [5.41, 5.74) is 1.49. The molecule has 1 aliphatic carbocycles. The van der Waals surface area contributed by atoms with Gasteiger partial charge in [0.15, 0.2) is 4.34 Å². The molecule has 0 atom stereocenters. The van der Waals surface area contributed by atoms with Crippen molar-refractivity contribution in [1.29, 1.82) is 0 Å². The number of hydrogen-bond donors (Lipinski definition) is 1. The molecule has 138 valence electrons. The molecule has 1 N–H and O–H groups in total. The van der Waals surface area contributed by atoms with E-state index in [4.69, 9.17) is 0 Å². The van der Waals surface area contributed by atoms with Gasteiger partial charge in [0.1, 0.15) is 5.82 Å². The van der Waals surface area contributed by atoms with Gasteiger partial charge in [0.05, 0.1) is 5.41 Å². The van der Waals surface area contributed by atoms with Gasteiger partial charge in [0.25, 0.3) is 0 Å². The van der Waals surface area contributed by atoms with Crippen LogP contribution in [0.5, 0.6) is 0 Å². The van der Waals surface area contributed by atoms with E-state index < -0.39 is 5.41 Å². The van der Waals surface area contributed by atoms with Crippen LogP contribution in [0.15, 0.2) is 58.9 Å². The molecule has 1 aromatic heterocycles. The predicted octanol–water partition coefficient (Wildman–Crippen LogP) is 5.03. The van der Waals surface area contributed by atoms with E-state index in [0.717, 1.165) is 34.9 Å². The molecule has 3 aromatic rings. The van der Waals surface area contributed by atoms with Crippen LogP contribution in [0.4, 0.5) is 9.52 Å². The van der Waals surface area contributed by atoms with Gasteiger partial charge in [-0.05, 0) is 36.1 Å². The number of amides is 1.